The highest BCUT2D eigenvalue weighted by Crippen LogP contribution is 2.29. The van der Waals surface area contributed by atoms with Crippen molar-refractivity contribution < 1.29 is 14.4 Å². The van der Waals surface area contributed by atoms with E-state index in [4.69, 9.17) is 5.21 Å². The number of carbonyl (C=O) groups is 1. The molecule has 0 fully saturated rings. The number of hydrogen-bond donors (Lipinski definition) is 3. The molecule has 1 amide bonds. The molecule has 0 aliphatic rings. The minimum absolute atomic E-state index is 0.316. The van der Waals surface area contributed by atoms with Crippen molar-refractivity contribution in [2.45, 2.75) is 38.6 Å². The SMILES string of the molecule is O=C(CCCCCCn1cc(-c2ccc3ncnc(Nc4ccc(Br)cc4F)c3c2)nn1)NO. The van der Waals surface area contributed by atoms with Crippen molar-refractivity contribution in [1.82, 2.24) is 30.4 Å². The van der Waals surface area contributed by atoms with E-state index in [0.717, 1.165) is 42.1 Å². The van der Waals surface area contributed by atoms with Gasteiger partial charge in [0.05, 0.1) is 17.4 Å². The van der Waals surface area contributed by atoms with Gasteiger partial charge in [-0.25, -0.2) is 19.8 Å². The van der Waals surface area contributed by atoms with Crippen LogP contribution in [0.4, 0.5) is 15.9 Å². The molecule has 0 aliphatic heterocycles. The van der Waals surface area contributed by atoms with Gasteiger partial charge in [0, 0.05) is 28.4 Å². The molecule has 0 saturated heterocycles. The predicted octanol–water partition coefficient (Wildman–Crippen LogP) is 4.99. The minimum atomic E-state index is -0.392. The first-order chi connectivity index (χ1) is 16.5. The summed E-state index contributed by atoms with van der Waals surface area (Å²) in [6, 6.07) is 10.5. The Balaban J connectivity index is 1.44. The van der Waals surface area contributed by atoms with Gasteiger partial charge in [0.2, 0.25) is 5.91 Å². The normalized spacial score (nSPS) is 11.0. The fraction of sp³-hybridized carbons (Fsp3) is 0.261. The number of nitrogens with zero attached hydrogens (tertiary/aromatic N) is 5. The van der Waals surface area contributed by atoms with Crippen LogP contribution in [-0.2, 0) is 11.3 Å². The van der Waals surface area contributed by atoms with Gasteiger partial charge in [0.1, 0.15) is 23.7 Å². The lowest BCUT2D eigenvalue weighted by Crippen LogP contribution is -2.17. The van der Waals surface area contributed by atoms with Crippen LogP contribution in [0.1, 0.15) is 32.1 Å². The summed E-state index contributed by atoms with van der Waals surface area (Å²) in [6.07, 6.45) is 7.12. The zero-order valence-corrected chi connectivity index (χ0v) is 19.8. The summed E-state index contributed by atoms with van der Waals surface area (Å²) in [5, 5.41) is 20.8. The molecule has 2 aromatic heterocycles. The van der Waals surface area contributed by atoms with Crippen LogP contribution in [0.2, 0.25) is 0 Å². The van der Waals surface area contributed by atoms with Crippen molar-refractivity contribution in [3.05, 3.63) is 59.2 Å². The molecule has 0 saturated carbocycles. The number of halogens is 2. The second-order valence-electron chi connectivity index (χ2n) is 7.77. The molecular weight excluding hydrogens is 505 g/mol. The number of hydroxylamine groups is 1. The van der Waals surface area contributed by atoms with Gasteiger partial charge in [0.15, 0.2) is 0 Å². The van der Waals surface area contributed by atoms with Gasteiger partial charge in [0.25, 0.3) is 0 Å². The quantitative estimate of drug-likeness (QED) is 0.151. The molecule has 0 atom stereocenters. The molecule has 2 aromatic carbocycles. The Labute approximate surface area is 203 Å². The summed E-state index contributed by atoms with van der Waals surface area (Å²) < 4.78 is 16.8. The number of nitrogens with one attached hydrogen (secondary N) is 2. The van der Waals surface area contributed by atoms with Crippen molar-refractivity contribution >= 4 is 44.2 Å². The molecule has 2 heterocycles. The number of rotatable bonds is 10. The molecule has 4 rings (SSSR count). The maximum absolute atomic E-state index is 14.3. The highest BCUT2D eigenvalue weighted by molar-refractivity contribution is 9.10. The number of aryl methyl sites for hydroxylation is 1. The van der Waals surface area contributed by atoms with Crippen molar-refractivity contribution in [2.75, 3.05) is 5.32 Å². The first-order valence-corrected chi connectivity index (χ1v) is 11.6. The van der Waals surface area contributed by atoms with Gasteiger partial charge >= 0.3 is 0 Å². The number of aromatic nitrogens is 5. The first-order valence-electron chi connectivity index (χ1n) is 10.8. The largest absolute Gasteiger partial charge is 0.337 e. The number of hydrogen-bond acceptors (Lipinski definition) is 7. The topological polar surface area (TPSA) is 118 Å². The third-order valence-corrected chi connectivity index (χ3v) is 5.81. The lowest BCUT2D eigenvalue weighted by atomic mass is 10.1. The monoisotopic (exact) mass is 527 g/mol. The van der Waals surface area contributed by atoms with Gasteiger partial charge < -0.3 is 5.32 Å². The number of fused-ring (bicyclic) bond motifs is 1. The first kappa shape index (κ1) is 23.7. The van der Waals surface area contributed by atoms with Crippen molar-refractivity contribution in [1.29, 1.82) is 0 Å². The second kappa shape index (κ2) is 11.1. The maximum atomic E-state index is 14.3. The van der Waals surface area contributed by atoms with E-state index in [0.29, 0.717) is 34.6 Å². The lowest BCUT2D eigenvalue weighted by molar-refractivity contribution is -0.129. The summed E-state index contributed by atoms with van der Waals surface area (Å²) in [6.45, 7) is 0.714. The fourth-order valence-electron chi connectivity index (χ4n) is 3.54. The summed E-state index contributed by atoms with van der Waals surface area (Å²) in [5.41, 5.74) is 4.24. The van der Waals surface area contributed by atoms with E-state index in [1.54, 1.807) is 22.3 Å². The molecule has 0 spiro atoms. The van der Waals surface area contributed by atoms with Crippen LogP contribution < -0.4 is 10.8 Å². The van der Waals surface area contributed by atoms with E-state index in [1.807, 2.05) is 24.4 Å². The number of benzene rings is 2. The van der Waals surface area contributed by atoms with E-state index < -0.39 is 5.82 Å². The standard InChI is InChI=1S/C23H23BrFN7O2/c24-16-7-9-20(18(25)12-16)28-23-17-11-15(6-8-19(17)26-14-27-23)21-13-32(31-29-21)10-4-2-1-3-5-22(33)30-34/h6-9,11-14,34H,1-5,10H2,(H,30,33)(H,26,27,28). The Kier molecular flexibility index (Phi) is 7.76. The summed E-state index contributed by atoms with van der Waals surface area (Å²) in [5.74, 6) is -0.255. The van der Waals surface area contributed by atoms with Crippen LogP contribution in [0.5, 0.6) is 0 Å². The van der Waals surface area contributed by atoms with Crippen LogP contribution >= 0.6 is 15.9 Å². The van der Waals surface area contributed by atoms with Crippen LogP contribution in [0.25, 0.3) is 22.2 Å². The summed E-state index contributed by atoms with van der Waals surface area (Å²) in [7, 11) is 0. The van der Waals surface area contributed by atoms with E-state index >= 15 is 0 Å². The number of anilines is 2. The molecule has 11 heteroatoms. The lowest BCUT2D eigenvalue weighted by Gasteiger charge is -2.10. The molecule has 176 valence electrons. The van der Waals surface area contributed by atoms with Crippen LogP contribution in [0.15, 0.2) is 53.4 Å². The molecule has 0 unspecified atom stereocenters. The number of unbranched alkanes of at least 4 members (excludes halogenated alkanes) is 3. The summed E-state index contributed by atoms with van der Waals surface area (Å²) in [4.78, 5) is 19.6. The van der Waals surface area contributed by atoms with Gasteiger partial charge in [-0.2, -0.15) is 0 Å². The molecule has 0 bridgehead atoms. The van der Waals surface area contributed by atoms with Crippen LogP contribution in [0, 0.1) is 5.82 Å². The van der Waals surface area contributed by atoms with Crippen molar-refractivity contribution in [3.63, 3.8) is 0 Å². The number of amides is 1. The van der Waals surface area contributed by atoms with Crippen LogP contribution in [-0.4, -0.2) is 36.1 Å². The Morgan fingerprint density at radius 2 is 1.94 bits per heavy atom. The van der Waals surface area contributed by atoms with Gasteiger partial charge in [-0.1, -0.05) is 40.1 Å². The Morgan fingerprint density at radius 3 is 2.76 bits per heavy atom. The summed E-state index contributed by atoms with van der Waals surface area (Å²) >= 11 is 3.26. The van der Waals surface area contributed by atoms with Gasteiger partial charge in [-0.05, 0) is 43.2 Å². The van der Waals surface area contributed by atoms with E-state index in [9.17, 15) is 9.18 Å². The Hall–Kier alpha value is -3.44. The molecule has 0 radical (unpaired) electrons. The molecular formula is C23H23BrFN7O2. The van der Waals surface area contributed by atoms with Gasteiger partial charge in [-0.15, -0.1) is 5.10 Å². The predicted molar refractivity (Wildman–Crippen MR) is 129 cm³/mol. The fourth-order valence-corrected chi connectivity index (χ4v) is 3.88. The average Bonchev–Trinajstić information content (AvgIpc) is 3.31. The molecule has 34 heavy (non-hydrogen) atoms. The molecule has 4 aromatic rings. The molecule has 9 nitrogen and oxygen atoms in total. The molecule has 3 N–H and O–H groups in total. The Bertz CT molecular complexity index is 1300. The van der Waals surface area contributed by atoms with E-state index in [-0.39, 0.29) is 5.91 Å². The van der Waals surface area contributed by atoms with Crippen molar-refractivity contribution in [3.8, 4) is 11.3 Å². The minimum Gasteiger partial charge on any atom is -0.337 e. The van der Waals surface area contributed by atoms with E-state index in [1.165, 1.54) is 12.4 Å². The van der Waals surface area contributed by atoms with Crippen molar-refractivity contribution in [2.24, 2.45) is 0 Å². The average molecular weight is 528 g/mol. The Morgan fingerprint density at radius 1 is 1.09 bits per heavy atom. The highest BCUT2D eigenvalue weighted by atomic mass is 79.9. The smallest absolute Gasteiger partial charge is 0.243 e. The zero-order valence-electron chi connectivity index (χ0n) is 18.2. The van der Waals surface area contributed by atoms with Gasteiger partial charge in [-0.3, -0.25) is 14.7 Å². The van der Waals surface area contributed by atoms with E-state index in [2.05, 4.69) is 41.5 Å². The highest BCUT2D eigenvalue weighted by Gasteiger charge is 2.11. The third kappa shape index (κ3) is 5.91. The second-order valence-corrected chi connectivity index (χ2v) is 8.69. The number of carbonyl (C=O) groups excluding carboxylic acids is 1. The molecule has 0 aliphatic carbocycles. The zero-order chi connectivity index (χ0) is 23.9. The van der Waals surface area contributed by atoms with Crippen LogP contribution in [0.3, 0.4) is 0 Å². The maximum Gasteiger partial charge on any atom is 0.243 e. The third-order valence-electron chi connectivity index (χ3n) is 5.32.